The molecule has 0 saturated carbocycles. The molecule has 16 heavy (non-hydrogen) atoms. The van der Waals surface area contributed by atoms with Crippen LogP contribution in [0.4, 0.5) is 4.39 Å². The molecule has 2 rings (SSSR count). The minimum Gasteiger partial charge on any atom is -0.342 e. The Morgan fingerprint density at radius 1 is 1.50 bits per heavy atom. The Hall–Kier alpha value is -1.42. The molecular weight excluding hydrogens is 231 g/mol. The van der Waals surface area contributed by atoms with Gasteiger partial charge in [-0.2, -0.15) is 4.98 Å². The zero-order valence-electron chi connectivity index (χ0n) is 8.87. The van der Waals surface area contributed by atoms with Gasteiger partial charge in [-0.15, -0.1) is 0 Å². The van der Waals surface area contributed by atoms with E-state index in [1.165, 1.54) is 0 Å². The van der Waals surface area contributed by atoms with Gasteiger partial charge in [-0.05, 0) is 26.0 Å². The number of hydrogen-bond donors (Lipinski definition) is 0. The molecule has 3 nitrogen and oxygen atoms in total. The van der Waals surface area contributed by atoms with Gasteiger partial charge < -0.3 is 4.57 Å². The fraction of sp³-hybridized carbons (Fsp3) is 0.273. The van der Waals surface area contributed by atoms with E-state index in [0.29, 0.717) is 0 Å². The van der Waals surface area contributed by atoms with E-state index in [2.05, 4.69) is 4.98 Å². The number of pyridine rings is 2. The Bertz CT molecular complexity index is 565. The Morgan fingerprint density at radius 2 is 2.19 bits per heavy atom. The largest absolute Gasteiger partial charge is 0.342 e. The van der Waals surface area contributed by atoms with Crippen LogP contribution < -0.4 is 5.56 Å². The van der Waals surface area contributed by atoms with E-state index in [9.17, 15) is 9.18 Å². The lowest BCUT2D eigenvalue weighted by atomic mass is 10.1. The topological polar surface area (TPSA) is 34.9 Å². The predicted molar refractivity (Wildman–Crippen MR) is 60.5 cm³/mol. The Kier molecular flexibility index (Phi) is 2.68. The van der Waals surface area contributed by atoms with Gasteiger partial charge in [0.15, 0.2) is 11.0 Å². The molecule has 0 unspecified atom stereocenters. The third-order valence-electron chi connectivity index (χ3n) is 2.40. The maximum absolute atomic E-state index is 13.8. The third-order valence-corrected chi connectivity index (χ3v) is 2.65. The summed E-state index contributed by atoms with van der Waals surface area (Å²) in [6, 6.07) is 3.28. The summed E-state index contributed by atoms with van der Waals surface area (Å²) in [6.45, 7) is 3.80. The fourth-order valence-corrected chi connectivity index (χ4v) is 1.82. The third kappa shape index (κ3) is 1.59. The van der Waals surface area contributed by atoms with Crippen molar-refractivity contribution in [1.29, 1.82) is 0 Å². The van der Waals surface area contributed by atoms with E-state index < -0.39 is 11.4 Å². The molecule has 5 heteroatoms. The second-order valence-electron chi connectivity index (χ2n) is 3.79. The molecule has 0 N–H and O–H groups in total. The summed E-state index contributed by atoms with van der Waals surface area (Å²) in [7, 11) is 0. The van der Waals surface area contributed by atoms with Crippen LogP contribution in [0.15, 0.2) is 23.1 Å². The number of aromatic nitrogens is 2. The molecule has 0 atom stereocenters. The molecule has 0 aliphatic carbocycles. The van der Waals surface area contributed by atoms with E-state index in [-0.39, 0.29) is 22.5 Å². The van der Waals surface area contributed by atoms with Crippen molar-refractivity contribution in [3.63, 3.8) is 0 Å². The van der Waals surface area contributed by atoms with Gasteiger partial charge in [0.05, 0.1) is 11.3 Å². The summed E-state index contributed by atoms with van der Waals surface area (Å²) < 4.78 is 15.5. The molecule has 0 radical (unpaired) electrons. The maximum atomic E-state index is 13.8. The molecule has 2 heterocycles. The van der Waals surface area contributed by atoms with Crippen LogP contribution in [0.25, 0.3) is 11.3 Å². The minimum atomic E-state index is -0.648. The maximum Gasteiger partial charge on any atom is 0.280 e. The standard InChI is InChI=1S/C11H10ClFN2O/c1-6(2)15-5-3-4-7-9(15)8(13)10(12)14-11(7)16/h3-6H,1-2H3. The van der Waals surface area contributed by atoms with Crippen molar-refractivity contribution in [2.75, 3.05) is 0 Å². The molecule has 0 amide bonds. The molecule has 2 aliphatic heterocycles. The van der Waals surface area contributed by atoms with Crippen LogP contribution in [0, 0.1) is 5.82 Å². The van der Waals surface area contributed by atoms with Crippen LogP contribution >= 0.6 is 11.6 Å². The van der Waals surface area contributed by atoms with Crippen molar-refractivity contribution in [3.05, 3.63) is 39.7 Å². The molecule has 0 spiro atoms. The SMILES string of the molecule is CC(C)n1cccc2c(=O)nc(Cl)c(F)c1-2. The van der Waals surface area contributed by atoms with Crippen molar-refractivity contribution < 1.29 is 4.39 Å². The van der Waals surface area contributed by atoms with E-state index in [1.807, 2.05) is 13.8 Å². The van der Waals surface area contributed by atoms with Crippen molar-refractivity contribution in [1.82, 2.24) is 9.55 Å². The number of hydrogen-bond acceptors (Lipinski definition) is 2. The van der Waals surface area contributed by atoms with Crippen LogP contribution in [-0.4, -0.2) is 9.55 Å². The van der Waals surface area contributed by atoms with Crippen molar-refractivity contribution >= 4 is 11.6 Å². The van der Waals surface area contributed by atoms with Crippen molar-refractivity contribution in [2.24, 2.45) is 0 Å². The normalized spacial score (nSPS) is 11.3. The molecule has 0 saturated heterocycles. The van der Waals surface area contributed by atoms with Gasteiger partial charge in [0.1, 0.15) is 0 Å². The number of fused-ring (bicyclic) bond motifs is 1. The Morgan fingerprint density at radius 3 is 2.81 bits per heavy atom. The predicted octanol–water partition coefficient (Wildman–Crippen LogP) is 2.72. The molecule has 0 bridgehead atoms. The van der Waals surface area contributed by atoms with Crippen LogP contribution in [0.3, 0.4) is 0 Å². The number of rotatable bonds is 1. The van der Waals surface area contributed by atoms with Crippen LogP contribution in [0.1, 0.15) is 19.9 Å². The summed E-state index contributed by atoms with van der Waals surface area (Å²) in [5, 5.41) is -0.377. The lowest BCUT2D eigenvalue weighted by Crippen LogP contribution is -2.18. The molecule has 84 valence electrons. The minimum absolute atomic E-state index is 0.0380. The van der Waals surface area contributed by atoms with E-state index >= 15 is 0 Å². The Balaban J connectivity index is 2.92. The quantitative estimate of drug-likeness (QED) is 0.719. The summed E-state index contributed by atoms with van der Waals surface area (Å²) in [5.74, 6) is -0.648. The van der Waals surface area contributed by atoms with Crippen LogP contribution in [-0.2, 0) is 0 Å². The first-order valence-corrected chi connectivity index (χ1v) is 5.26. The van der Waals surface area contributed by atoms with Gasteiger partial charge in [-0.1, -0.05) is 11.6 Å². The average molecular weight is 241 g/mol. The van der Waals surface area contributed by atoms with Crippen molar-refractivity contribution in [2.45, 2.75) is 19.9 Å². The lowest BCUT2D eigenvalue weighted by Gasteiger charge is -2.18. The Labute approximate surface area is 96.8 Å². The first kappa shape index (κ1) is 11.1. The smallest absolute Gasteiger partial charge is 0.280 e. The molecule has 0 aromatic carbocycles. The summed E-state index contributed by atoms with van der Waals surface area (Å²) >= 11 is 5.57. The lowest BCUT2D eigenvalue weighted by molar-refractivity contribution is 0.558. The van der Waals surface area contributed by atoms with Gasteiger partial charge >= 0.3 is 0 Å². The highest BCUT2D eigenvalue weighted by Crippen LogP contribution is 2.27. The fourth-order valence-electron chi connectivity index (χ4n) is 1.66. The van der Waals surface area contributed by atoms with Gasteiger partial charge in [0.25, 0.3) is 5.56 Å². The van der Waals surface area contributed by atoms with Gasteiger partial charge in [0.2, 0.25) is 0 Å². The summed E-state index contributed by atoms with van der Waals surface area (Å²) in [5.41, 5.74) is -0.0444. The summed E-state index contributed by atoms with van der Waals surface area (Å²) in [4.78, 5) is 15.0. The molecule has 2 aliphatic rings. The molecule has 0 aromatic heterocycles. The molecule has 0 fully saturated rings. The highest BCUT2D eigenvalue weighted by Gasteiger charge is 2.20. The van der Waals surface area contributed by atoms with Gasteiger partial charge in [0, 0.05) is 12.2 Å². The van der Waals surface area contributed by atoms with E-state index in [4.69, 9.17) is 11.6 Å². The molecular formula is C11H10ClFN2O. The van der Waals surface area contributed by atoms with Gasteiger partial charge in [-0.25, -0.2) is 4.39 Å². The molecule has 0 aromatic rings. The van der Waals surface area contributed by atoms with Gasteiger partial charge in [-0.3, -0.25) is 4.79 Å². The average Bonchev–Trinajstić information content (AvgIpc) is 2.25. The monoisotopic (exact) mass is 240 g/mol. The van der Waals surface area contributed by atoms with Crippen LogP contribution in [0.2, 0.25) is 5.15 Å². The van der Waals surface area contributed by atoms with E-state index in [0.717, 1.165) is 0 Å². The zero-order chi connectivity index (χ0) is 11.9. The van der Waals surface area contributed by atoms with Crippen LogP contribution in [0.5, 0.6) is 0 Å². The number of halogens is 2. The first-order valence-electron chi connectivity index (χ1n) is 4.88. The highest BCUT2D eigenvalue weighted by molar-refractivity contribution is 6.29. The first-order chi connectivity index (χ1) is 7.52. The second-order valence-corrected chi connectivity index (χ2v) is 4.15. The van der Waals surface area contributed by atoms with Crippen molar-refractivity contribution in [3.8, 4) is 11.3 Å². The summed E-state index contributed by atoms with van der Waals surface area (Å²) in [6.07, 6.45) is 1.71. The second kappa shape index (κ2) is 3.87. The number of nitrogens with zero attached hydrogens (tertiary/aromatic N) is 2. The zero-order valence-corrected chi connectivity index (χ0v) is 9.62. The van der Waals surface area contributed by atoms with E-state index in [1.54, 1.807) is 22.9 Å². The highest BCUT2D eigenvalue weighted by atomic mass is 35.5.